The molecule has 5 nitrogen and oxygen atoms in total. The molecule has 1 aliphatic heterocycles. The van der Waals surface area contributed by atoms with Crippen molar-refractivity contribution in [1.82, 2.24) is 9.97 Å². The number of nitrogens with one attached hydrogen (secondary N) is 1. The van der Waals surface area contributed by atoms with E-state index in [1.807, 2.05) is 0 Å². The van der Waals surface area contributed by atoms with Crippen LogP contribution in [0.15, 0.2) is 12.3 Å². The zero-order chi connectivity index (χ0) is 11.4. The van der Waals surface area contributed by atoms with Crippen molar-refractivity contribution in [3.05, 3.63) is 18.0 Å². The molecule has 0 aromatic carbocycles. The van der Waals surface area contributed by atoms with Gasteiger partial charge in [0.15, 0.2) is 0 Å². The fourth-order valence-corrected chi connectivity index (χ4v) is 1.92. The Bertz CT molecular complexity index is 368. The van der Waals surface area contributed by atoms with Crippen molar-refractivity contribution in [2.75, 3.05) is 18.0 Å². The molecule has 1 saturated heterocycles. The fourth-order valence-electron chi connectivity index (χ4n) is 1.92. The van der Waals surface area contributed by atoms with Crippen molar-refractivity contribution in [2.45, 2.75) is 25.7 Å². The van der Waals surface area contributed by atoms with Crippen LogP contribution in [0.4, 0.5) is 5.95 Å². The van der Waals surface area contributed by atoms with Gasteiger partial charge >= 0.3 is 0 Å². The van der Waals surface area contributed by atoms with Gasteiger partial charge in [0.05, 0.1) is 0 Å². The Morgan fingerprint density at radius 2 is 1.94 bits per heavy atom. The highest BCUT2D eigenvalue weighted by molar-refractivity contribution is 5.93. The van der Waals surface area contributed by atoms with E-state index in [-0.39, 0.29) is 5.84 Å². The lowest BCUT2D eigenvalue weighted by Crippen LogP contribution is -2.27. The summed E-state index contributed by atoms with van der Waals surface area (Å²) in [5.41, 5.74) is 5.93. The number of nitrogens with two attached hydrogens (primary N) is 1. The monoisotopic (exact) mass is 219 g/mol. The first-order valence-corrected chi connectivity index (χ1v) is 5.70. The number of anilines is 1. The molecular weight excluding hydrogens is 202 g/mol. The Hall–Kier alpha value is -1.65. The number of rotatable bonds is 2. The molecule has 0 saturated carbocycles. The van der Waals surface area contributed by atoms with Crippen LogP contribution in [-0.4, -0.2) is 28.9 Å². The summed E-state index contributed by atoms with van der Waals surface area (Å²) in [5.74, 6) is 0.702. The largest absolute Gasteiger partial charge is 0.382 e. The molecular formula is C11H17N5. The molecule has 1 aromatic rings. The molecule has 1 fully saturated rings. The van der Waals surface area contributed by atoms with Crippen LogP contribution in [0.3, 0.4) is 0 Å². The van der Waals surface area contributed by atoms with Crippen molar-refractivity contribution in [1.29, 1.82) is 5.41 Å². The van der Waals surface area contributed by atoms with Crippen LogP contribution in [0.25, 0.3) is 0 Å². The highest BCUT2D eigenvalue weighted by Crippen LogP contribution is 2.15. The summed E-state index contributed by atoms with van der Waals surface area (Å²) in [5, 5.41) is 7.36. The zero-order valence-electron chi connectivity index (χ0n) is 9.32. The third kappa shape index (κ3) is 2.48. The van der Waals surface area contributed by atoms with Crippen LogP contribution in [0.1, 0.15) is 31.4 Å². The minimum atomic E-state index is -0.00141. The predicted molar refractivity (Wildman–Crippen MR) is 63.7 cm³/mol. The second kappa shape index (κ2) is 4.92. The van der Waals surface area contributed by atoms with Gasteiger partial charge in [-0.15, -0.1) is 0 Å². The Balaban J connectivity index is 2.18. The molecule has 0 radical (unpaired) electrons. The molecule has 3 N–H and O–H groups in total. The maximum absolute atomic E-state index is 7.36. The van der Waals surface area contributed by atoms with Gasteiger partial charge in [0.1, 0.15) is 11.5 Å². The molecule has 1 aliphatic rings. The minimum Gasteiger partial charge on any atom is -0.382 e. The van der Waals surface area contributed by atoms with Gasteiger partial charge in [-0.05, 0) is 18.9 Å². The van der Waals surface area contributed by atoms with E-state index in [0.29, 0.717) is 11.6 Å². The van der Waals surface area contributed by atoms with E-state index in [1.165, 1.54) is 25.7 Å². The first kappa shape index (κ1) is 10.9. The van der Waals surface area contributed by atoms with Crippen LogP contribution < -0.4 is 10.6 Å². The van der Waals surface area contributed by atoms with E-state index in [9.17, 15) is 0 Å². The van der Waals surface area contributed by atoms with Crippen molar-refractivity contribution < 1.29 is 0 Å². The highest BCUT2D eigenvalue weighted by atomic mass is 15.2. The van der Waals surface area contributed by atoms with Crippen LogP contribution >= 0.6 is 0 Å². The fraction of sp³-hybridized carbons (Fsp3) is 0.545. The maximum atomic E-state index is 7.36. The summed E-state index contributed by atoms with van der Waals surface area (Å²) >= 11 is 0. The number of nitrogen functional groups attached to an aromatic ring is 1. The summed E-state index contributed by atoms with van der Waals surface area (Å²) in [6, 6.07) is 1.67. The molecule has 0 spiro atoms. The lowest BCUT2D eigenvalue weighted by Gasteiger charge is -2.20. The highest BCUT2D eigenvalue weighted by Gasteiger charge is 2.12. The number of hydrogen-bond donors (Lipinski definition) is 2. The third-order valence-corrected chi connectivity index (χ3v) is 2.81. The van der Waals surface area contributed by atoms with Gasteiger partial charge in [0.25, 0.3) is 0 Å². The average molecular weight is 219 g/mol. The standard InChI is InChI=1S/C11H17N5/c12-10(13)9-5-6-14-11(15-9)16-7-3-1-2-4-8-16/h5-6H,1-4,7-8H2,(H3,12,13). The van der Waals surface area contributed by atoms with Gasteiger partial charge in [-0.2, -0.15) is 0 Å². The summed E-state index contributed by atoms with van der Waals surface area (Å²) in [6.07, 6.45) is 6.61. The first-order valence-electron chi connectivity index (χ1n) is 5.70. The smallest absolute Gasteiger partial charge is 0.225 e. The maximum Gasteiger partial charge on any atom is 0.225 e. The van der Waals surface area contributed by atoms with Crippen LogP contribution in [0.5, 0.6) is 0 Å². The van der Waals surface area contributed by atoms with Crippen molar-refractivity contribution in [3.8, 4) is 0 Å². The molecule has 2 heterocycles. The second-order valence-electron chi connectivity index (χ2n) is 4.06. The quantitative estimate of drug-likeness (QED) is 0.577. The molecule has 86 valence electrons. The molecule has 0 aliphatic carbocycles. The van der Waals surface area contributed by atoms with Crippen molar-refractivity contribution in [3.63, 3.8) is 0 Å². The second-order valence-corrected chi connectivity index (χ2v) is 4.06. The molecule has 2 rings (SSSR count). The minimum absolute atomic E-state index is 0.00141. The van der Waals surface area contributed by atoms with E-state index in [0.717, 1.165) is 13.1 Å². The van der Waals surface area contributed by atoms with Gasteiger partial charge < -0.3 is 10.6 Å². The van der Waals surface area contributed by atoms with E-state index in [2.05, 4.69) is 14.9 Å². The van der Waals surface area contributed by atoms with E-state index in [4.69, 9.17) is 11.1 Å². The SMILES string of the molecule is N=C(N)c1ccnc(N2CCCCCC2)n1. The number of nitrogens with zero attached hydrogens (tertiary/aromatic N) is 3. The third-order valence-electron chi connectivity index (χ3n) is 2.81. The number of hydrogen-bond acceptors (Lipinski definition) is 4. The van der Waals surface area contributed by atoms with E-state index >= 15 is 0 Å². The summed E-state index contributed by atoms with van der Waals surface area (Å²) in [7, 11) is 0. The normalized spacial score (nSPS) is 16.9. The number of aromatic nitrogens is 2. The Labute approximate surface area is 95.2 Å². The van der Waals surface area contributed by atoms with Crippen LogP contribution in [0, 0.1) is 5.41 Å². The summed E-state index contributed by atoms with van der Waals surface area (Å²) in [4.78, 5) is 10.7. The van der Waals surface area contributed by atoms with Gasteiger partial charge in [-0.25, -0.2) is 9.97 Å². The van der Waals surface area contributed by atoms with Gasteiger partial charge in [0, 0.05) is 19.3 Å². The summed E-state index contributed by atoms with van der Waals surface area (Å²) < 4.78 is 0. The zero-order valence-corrected chi connectivity index (χ0v) is 9.32. The van der Waals surface area contributed by atoms with E-state index in [1.54, 1.807) is 12.3 Å². The van der Waals surface area contributed by atoms with E-state index < -0.39 is 0 Å². The topological polar surface area (TPSA) is 78.9 Å². The summed E-state index contributed by atoms with van der Waals surface area (Å²) in [6.45, 7) is 2.00. The van der Waals surface area contributed by atoms with Crippen LogP contribution in [-0.2, 0) is 0 Å². The Morgan fingerprint density at radius 3 is 2.56 bits per heavy atom. The molecule has 0 atom stereocenters. The van der Waals surface area contributed by atoms with Gasteiger partial charge in [-0.3, -0.25) is 5.41 Å². The molecule has 0 bridgehead atoms. The first-order chi connectivity index (χ1) is 7.77. The molecule has 0 amide bonds. The molecule has 1 aromatic heterocycles. The lowest BCUT2D eigenvalue weighted by molar-refractivity contribution is 0.726. The molecule has 5 heteroatoms. The Morgan fingerprint density at radius 1 is 1.25 bits per heavy atom. The Kier molecular flexibility index (Phi) is 3.34. The molecule has 16 heavy (non-hydrogen) atoms. The van der Waals surface area contributed by atoms with Crippen molar-refractivity contribution >= 4 is 11.8 Å². The average Bonchev–Trinajstić information content (AvgIpc) is 2.57. The number of amidine groups is 1. The van der Waals surface area contributed by atoms with Crippen molar-refractivity contribution in [2.24, 2.45) is 5.73 Å². The van der Waals surface area contributed by atoms with Gasteiger partial charge in [0.2, 0.25) is 5.95 Å². The molecule has 0 unspecified atom stereocenters. The van der Waals surface area contributed by atoms with Gasteiger partial charge in [-0.1, -0.05) is 12.8 Å². The lowest BCUT2D eigenvalue weighted by atomic mass is 10.2. The predicted octanol–water partition coefficient (Wildman–Crippen LogP) is 1.14. The van der Waals surface area contributed by atoms with Crippen LogP contribution in [0.2, 0.25) is 0 Å².